The smallest absolute Gasteiger partial charge is 0.330 e. The largest absolute Gasteiger partial charge is 0.496 e. The van der Waals surface area contributed by atoms with Crippen LogP contribution in [-0.4, -0.2) is 32.0 Å². The minimum absolute atomic E-state index is 0.205. The van der Waals surface area contributed by atoms with Crippen LogP contribution >= 0.6 is 0 Å². The summed E-state index contributed by atoms with van der Waals surface area (Å²) in [5, 5.41) is 8.11. The number of hydrogen-bond acceptors (Lipinski definition) is 6. The van der Waals surface area contributed by atoms with Gasteiger partial charge in [0.25, 0.3) is 0 Å². The molecule has 0 aliphatic heterocycles. The van der Waals surface area contributed by atoms with Crippen molar-refractivity contribution < 1.29 is 23.7 Å². The van der Waals surface area contributed by atoms with E-state index >= 15 is 0 Å². The molecule has 0 aromatic heterocycles. The van der Waals surface area contributed by atoms with Gasteiger partial charge in [-0.3, -0.25) is 0 Å². The van der Waals surface area contributed by atoms with Gasteiger partial charge in [0.2, 0.25) is 0 Å². The van der Waals surface area contributed by atoms with E-state index in [9.17, 15) is 4.79 Å². The predicted molar refractivity (Wildman–Crippen MR) is 128 cm³/mol. The summed E-state index contributed by atoms with van der Waals surface area (Å²) in [4.78, 5) is 11.5. The normalized spacial score (nSPS) is 10.6. The molecule has 0 radical (unpaired) electrons. The number of methoxy groups -OCH3 is 1. The van der Waals surface area contributed by atoms with Crippen LogP contribution in [0.5, 0.6) is 17.2 Å². The first-order chi connectivity index (χ1) is 16.1. The van der Waals surface area contributed by atoms with Crippen LogP contribution in [0.15, 0.2) is 78.9 Å². The van der Waals surface area contributed by atoms with Crippen LogP contribution in [0, 0.1) is 5.41 Å². The lowest BCUT2D eigenvalue weighted by atomic mass is 10.1. The van der Waals surface area contributed by atoms with Crippen molar-refractivity contribution in [2.24, 2.45) is 0 Å². The molecule has 0 fully saturated rings. The number of nitrogens with one attached hydrogen (secondary N) is 1. The quantitative estimate of drug-likeness (QED) is 0.246. The van der Waals surface area contributed by atoms with E-state index in [1.807, 2.05) is 66.7 Å². The third-order valence-electron chi connectivity index (χ3n) is 4.72. The van der Waals surface area contributed by atoms with Gasteiger partial charge in [0, 0.05) is 17.7 Å². The Labute approximate surface area is 193 Å². The molecule has 0 saturated heterocycles. The average molecular weight is 446 g/mol. The third kappa shape index (κ3) is 7.25. The highest BCUT2D eigenvalue weighted by Gasteiger charge is 2.06. The van der Waals surface area contributed by atoms with Gasteiger partial charge in [-0.25, -0.2) is 4.79 Å². The van der Waals surface area contributed by atoms with Crippen LogP contribution in [0.2, 0.25) is 0 Å². The standard InChI is InChI=1S/C27H27NO5/c1-3-31-27(29)16-12-22-11-15-24(17-26(22)30-2)32-18-20-9-13-23(14-10-20)33-19-25(28)21-7-5-4-6-8-21/h4-17,28H,3,18-19H2,1-2H3. The molecule has 0 bridgehead atoms. The molecule has 0 aliphatic carbocycles. The number of esters is 1. The van der Waals surface area contributed by atoms with Crippen LogP contribution in [0.3, 0.4) is 0 Å². The molecular formula is C27H27NO5. The summed E-state index contributed by atoms with van der Waals surface area (Å²) < 4.78 is 21.9. The van der Waals surface area contributed by atoms with Gasteiger partial charge in [-0.1, -0.05) is 42.5 Å². The predicted octanol–water partition coefficient (Wildman–Crippen LogP) is 5.30. The Morgan fingerprint density at radius 2 is 1.67 bits per heavy atom. The molecule has 0 amide bonds. The first-order valence-electron chi connectivity index (χ1n) is 10.6. The number of ether oxygens (including phenoxy) is 4. The average Bonchev–Trinajstić information content (AvgIpc) is 2.86. The first-order valence-corrected chi connectivity index (χ1v) is 10.6. The topological polar surface area (TPSA) is 77.8 Å². The Morgan fingerprint density at radius 3 is 2.36 bits per heavy atom. The Hall–Kier alpha value is -4.06. The molecular weight excluding hydrogens is 418 g/mol. The van der Waals surface area contributed by atoms with Gasteiger partial charge in [-0.2, -0.15) is 0 Å². The molecule has 3 aromatic carbocycles. The molecule has 3 aromatic rings. The molecule has 0 aliphatic rings. The number of benzene rings is 3. The Morgan fingerprint density at radius 1 is 0.939 bits per heavy atom. The SMILES string of the molecule is CCOC(=O)C=Cc1ccc(OCc2ccc(OCC(=N)c3ccccc3)cc2)cc1OC. The van der Waals surface area contributed by atoms with Crippen molar-refractivity contribution in [1.82, 2.24) is 0 Å². The highest BCUT2D eigenvalue weighted by atomic mass is 16.5. The lowest BCUT2D eigenvalue weighted by Crippen LogP contribution is -2.11. The minimum atomic E-state index is -0.399. The van der Waals surface area contributed by atoms with Crippen molar-refractivity contribution in [2.45, 2.75) is 13.5 Å². The van der Waals surface area contributed by atoms with Gasteiger partial charge in [0.05, 0.1) is 19.4 Å². The molecule has 0 unspecified atom stereocenters. The first kappa shape index (κ1) is 23.6. The summed E-state index contributed by atoms with van der Waals surface area (Å²) in [7, 11) is 1.57. The van der Waals surface area contributed by atoms with Gasteiger partial charge in [0.15, 0.2) is 0 Å². The number of carbonyl (C=O) groups is 1. The molecule has 3 rings (SSSR count). The fourth-order valence-corrected chi connectivity index (χ4v) is 2.99. The highest BCUT2D eigenvalue weighted by molar-refractivity contribution is 5.99. The van der Waals surface area contributed by atoms with E-state index < -0.39 is 5.97 Å². The molecule has 1 N–H and O–H groups in total. The van der Waals surface area contributed by atoms with Crippen LogP contribution in [-0.2, 0) is 16.1 Å². The molecule has 33 heavy (non-hydrogen) atoms. The lowest BCUT2D eigenvalue weighted by Gasteiger charge is -2.11. The maximum Gasteiger partial charge on any atom is 0.330 e. The molecule has 0 heterocycles. The van der Waals surface area contributed by atoms with Crippen LogP contribution in [0.25, 0.3) is 6.08 Å². The van der Waals surface area contributed by atoms with Gasteiger partial charge in [0.1, 0.15) is 30.5 Å². The molecule has 0 saturated carbocycles. The second-order valence-electron chi connectivity index (χ2n) is 7.06. The fourth-order valence-electron chi connectivity index (χ4n) is 2.99. The van der Waals surface area contributed by atoms with Crippen molar-refractivity contribution in [2.75, 3.05) is 20.3 Å². The van der Waals surface area contributed by atoms with Crippen molar-refractivity contribution in [1.29, 1.82) is 5.41 Å². The number of carbonyl (C=O) groups excluding carboxylic acids is 1. The molecule has 170 valence electrons. The Kier molecular flexibility index (Phi) is 8.65. The van der Waals surface area contributed by atoms with Gasteiger partial charge in [-0.15, -0.1) is 0 Å². The maximum atomic E-state index is 11.5. The van der Waals surface area contributed by atoms with E-state index in [1.54, 1.807) is 26.2 Å². The molecule has 6 nitrogen and oxygen atoms in total. The second-order valence-corrected chi connectivity index (χ2v) is 7.06. The van der Waals surface area contributed by atoms with Crippen molar-refractivity contribution in [3.05, 3.63) is 95.6 Å². The molecule has 0 atom stereocenters. The van der Waals surface area contributed by atoms with Crippen LogP contribution in [0.1, 0.15) is 23.6 Å². The van der Waals surface area contributed by atoms with Gasteiger partial charge in [-0.05, 0) is 48.4 Å². The van der Waals surface area contributed by atoms with Crippen molar-refractivity contribution >= 4 is 17.8 Å². The Balaban J connectivity index is 1.53. The van der Waals surface area contributed by atoms with E-state index in [1.165, 1.54) is 6.08 Å². The zero-order valence-electron chi connectivity index (χ0n) is 18.7. The summed E-state index contributed by atoms with van der Waals surface area (Å²) in [5.41, 5.74) is 3.00. The van der Waals surface area contributed by atoms with Crippen molar-refractivity contribution in [3.63, 3.8) is 0 Å². The number of hydrogen-bond donors (Lipinski definition) is 1. The third-order valence-corrected chi connectivity index (χ3v) is 4.72. The maximum absolute atomic E-state index is 11.5. The minimum Gasteiger partial charge on any atom is -0.496 e. The summed E-state index contributed by atoms with van der Waals surface area (Å²) in [6, 6.07) is 22.5. The monoisotopic (exact) mass is 445 g/mol. The summed E-state index contributed by atoms with van der Waals surface area (Å²) >= 11 is 0. The van der Waals surface area contributed by atoms with E-state index in [2.05, 4.69) is 0 Å². The summed E-state index contributed by atoms with van der Waals surface area (Å²) in [6.07, 6.45) is 3.02. The zero-order chi connectivity index (χ0) is 23.5. The van der Waals surface area contributed by atoms with Gasteiger partial charge < -0.3 is 24.4 Å². The molecule has 0 spiro atoms. The van der Waals surface area contributed by atoms with Crippen molar-refractivity contribution in [3.8, 4) is 17.2 Å². The van der Waals surface area contributed by atoms with E-state index in [4.69, 9.17) is 24.4 Å². The van der Waals surface area contributed by atoms with Crippen LogP contribution < -0.4 is 14.2 Å². The van der Waals surface area contributed by atoms with E-state index in [-0.39, 0.29) is 6.61 Å². The second kappa shape index (κ2) is 12.1. The summed E-state index contributed by atoms with van der Waals surface area (Å²) in [6.45, 7) is 2.67. The van der Waals surface area contributed by atoms with E-state index in [0.29, 0.717) is 36.2 Å². The fraction of sp³-hybridized carbons (Fsp3) is 0.185. The molecule has 6 heteroatoms. The summed E-state index contributed by atoms with van der Waals surface area (Å²) in [5.74, 6) is 1.54. The highest BCUT2D eigenvalue weighted by Crippen LogP contribution is 2.26. The lowest BCUT2D eigenvalue weighted by molar-refractivity contribution is -0.137. The Bertz CT molecular complexity index is 1090. The van der Waals surface area contributed by atoms with Gasteiger partial charge >= 0.3 is 5.97 Å². The van der Waals surface area contributed by atoms with Crippen LogP contribution in [0.4, 0.5) is 0 Å². The van der Waals surface area contributed by atoms with E-state index in [0.717, 1.165) is 16.7 Å². The number of rotatable bonds is 11. The zero-order valence-corrected chi connectivity index (χ0v) is 18.7.